The molecule has 1 aromatic carbocycles. The van der Waals surface area contributed by atoms with Crippen molar-refractivity contribution < 1.29 is 6.22 Å². The van der Waals surface area contributed by atoms with Gasteiger partial charge < -0.3 is 5.32 Å². The number of carbonyl (C=O) groups excluding carboxylic acids is 1. The summed E-state index contributed by atoms with van der Waals surface area (Å²) in [5.41, 5.74) is 1.19. The van der Waals surface area contributed by atoms with Crippen molar-refractivity contribution >= 4 is 6.41 Å². The third kappa shape index (κ3) is 1.09. The first-order valence-electron chi connectivity index (χ1n) is 4.14. The van der Waals surface area contributed by atoms with Crippen molar-refractivity contribution in [3.8, 4) is 0 Å². The van der Waals surface area contributed by atoms with Gasteiger partial charge in [-0.15, -0.1) is 0 Å². The maximum absolute atomic E-state index is 10.3. The van der Waals surface area contributed by atoms with Gasteiger partial charge in [-0.25, -0.2) is 0 Å². The number of nitrogens with one attached hydrogen (secondary N) is 1. The van der Waals surface area contributed by atoms with Crippen molar-refractivity contribution in [1.82, 2.24) is 5.32 Å². The molecular weight excluding hydrogens is 150 g/mol. The maximum atomic E-state index is 10.3. The maximum Gasteiger partial charge on any atom is 0.207 e. The second-order valence-corrected chi connectivity index (χ2v) is 3.21. The summed E-state index contributed by atoms with van der Waals surface area (Å²) in [4.78, 5) is 10.3. The van der Waals surface area contributed by atoms with Crippen LogP contribution in [0.2, 0.25) is 0 Å². The zero-order valence-electron chi connectivity index (χ0n) is 6.79. The molecule has 0 aliphatic heterocycles. The number of hydrogen-bond acceptors (Lipinski definition) is 1. The van der Waals surface area contributed by atoms with Gasteiger partial charge in [0.1, 0.15) is 0 Å². The van der Waals surface area contributed by atoms with E-state index in [0.29, 0.717) is 0 Å². The van der Waals surface area contributed by atoms with E-state index >= 15 is 0 Å². The van der Waals surface area contributed by atoms with Crippen LogP contribution >= 0.6 is 0 Å². The van der Waals surface area contributed by atoms with Gasteiger partial charge in [0.25, 0.3) is 0 Å². The molecule has 1 fully saturated rings. The molecule has 1 N–H and O–H groups in total. The quantitative estimate of drug-likeness (QED) is 0.675. The average Bonchev–Trinajstić information content (AvgIpc) is 2.88. The molecular formula is C10H13NO. The molecule has 1 amide bonds. The molecule has 0 heterocycles. The first-order valence-corrected chi connectivity index (χ1v) is 4.14. The highest BCUT2D eigenvalue weighted by atomic mass is 16.1. The first-order chi connectivity index (χ1) is 5.87. The molecule has 2 nitrogen and oxygen atoms in total. The summed E-state index contributed by atoms with van der Waals surface area (Å²) in [5.74, 6) is 0. The van der Waals surface area contributed by atoms with E-state index in [2.05, 4.69) is 17.4 Å². The van der Waals surface area contributed by atoms with Gasteiger partial charge >= 0.3 is 0 Å². The fourth-order valence-electron chi connectivity index (χ4n) is 1.51. The van der Waals surface area contributed by atoms with Crippen molar-refractivity contribution in [3.05, 3.63) is 35.9 Å². The molecule has 0 aromatic heterocycles. The molecule has 2 rings (SSSR count). The van der Waals surface area contributed by atoms with Crippen molar-refractivity contribution in [1.29, 1.82) is 0 Å². The summed E-state index contributed by atoms with van der Waals surface area (Å²) in [6.07, 6.45) is 2.92. The molecule has 0 saturated heterocycles. The van der Waals surface area contributed by atoms with Crippen LogP contribution in [-0.2, 0) is 10.3 Å². The lowest BCUT2D eigenvalue weighted by molar-refractivity contribution is -0.110. The Morgan fingerprint density at radius 3 is 2.50 bits per heavy atom. The fourth-order valence-corrected chi connectivity index (χ4v) is 1.51. The van der Waals surface area contributed by atoms with Gasteiger partial charge in [-0.2, -0.15) is 0 Å². The van der Waals surface area contributed by atoms with Crippen LogP contribution in [0.3, 0.4) is 0 Å². The summed E-state index contributed by atoms with van der Waals surface area (Å²) < 4.78 is 0. The minimum Gasteiger partial charge on any atom is -0.349 e. The molecule has 1 saturated carbocycles. The fraction of sp³-hybridized carbons (Fsp3) is 0.300. The van der Waals surface area contributed by atoms with E-state index in [9.17, 15) is 4.79 Å². The van der Waals surface area contributed by atoms with Crippen molar-refractivity contribution in [2.75, 3.05) is 0 Å². The third-order valence-electron chi connectivity index (χ3n) is 2.41. The number of amides is 1. The molecule has 0 unspecified atom stereocenters. The third-order valence-corrected chi connectivity index (χ3v) is 2.41. The summed E-state index contributed by atoms with van der Waals surface area (Å²) in [6, 6.07) is 10.1. The number of benzene rings is 1. The van der Waals surface area contributed by atoms with E-state index in [1.807, 2.05) is 18.2 Å². The predicted octanol–water partition coefficient (Wildman–Crippen LogP) is 1.67. The second-order valence-electron chi connectivity index (χ2n) is 3.21. The smallest absolute Gasteiger partial charge is 0.207 e. The first kappa shape index (κ1) is 7.35. The van der Waals surface area contributed by atoms with Crippen molar-refractivity contribution in [2.45, 2.75) is 18.4 Å². The molecule has 1 aromatic rings. The van der Waals surface area contributed by atoms with Crippen molar-refractivity contribution in [3.63, 3.8) is 0 Å². The van der Waals surface area contributed by atoms with E-state index < -0.39 is 0 Å². The second kappa shape index (κ2) is 2.63. The summed E-state index contributed by atoms with van der Waals surface area (Å²) in [5, 5.41) is 2.87. The monoisotopic (exact) mass is 163 g/mol. The highest BCUT2D eigenvalue weighted by Gasteiger charge is 2.43. The van der Waals surface area contributed by atoms with Crippen LogP contribution in [0.25, 0.3) is 0 Å². The lowest BCUT2D eigenvalue weighted by atomic mass is 10.1. The Hall–Kier alpha value is -1.31. The Kier molecular flexibility index (Phi) is 1.61. The zero-order chi connectivity index (χ0) is 8.44. The van der Waals surface area contributed by atoms with Gasteiger partial charge in [0, 0.05) is 1.43 Å². The molecule has 0 spiro atoms. The summed E-state index contributed by atoms with van der Waals surface area (Å²) >= 11 is 0. The molecule has 0 radical (unpaired) electrons. The van der Waals surface area contributed by atoms with Gasteiger partial charge in [0.05, 0.1) is 5.54 Å². The van der Waals surface area contributed by atoms with Crippen LogP contribution in [0.5, 0.6) is 0 Å². The molecule has 0 atom stereocenters. The topological polar surface area (TPSA) is 29.1 Å². The number of hydrogen-bond donors (Lipinski definition) is 1. The van der Waals surface area contributed by atoms with E-state index in [4.69, 9.17) is 0 Å². The summed E-state index contributed by atoms with van der Waals surface area (Å²) in [6.45, 7) is 0. The van der Waals surface area contributed by atoms with Gasteiger partial charge in [-0.05, 0) is 18.4 Å². The predicted molar refractivity (Wildman–Crippen MR) is 48.7 cm³/mol. The molecule has 1 aliphatic rings. The molecule has 2 heteroatoms. The Labute approximate surface area is 73.1 Å². The Bertz CT molecular complexity index is 282. The van der Waals surface area contributed by atoms with Crippen LogP contribution in [-0.4, -0.2) is 6.41 Å². The molecule has 0 bridgehead atoms. The van der Waals surface area contributed by atoms with Gasteiger partial charge in [0.15, 0.2) is 0 Å². The van der Waals surface area contributed by atoms with Crippen LogP contribution in [0.4, 0.5) is 0 Å². The van der Waals surface area contributed by atoms with Gasteiger partial charge in [-0.1, -0.05) is 30.3 Å². The zero-order valence-corrected chi connectivity index (χ0v) is 6.79. The number of carbonyl (C=O) groups is 1. The van der Waals surface area contributed by atoms with Crippen LogP contribution in [0.1, 0.15) is 19.8 Å². The van der Waals surface area contributed by atoms with Crippen LogP contribution in [0.15, 0.2) is 30.3 Å². The van der Waals surface area contributed by atoms with Gasteiger partial charge in [0.2, 0.25) is 6.41 Å². The molecule has 12 heavy (non-hydrogen) atoms. The minimum atomic E-state index is -0.0248. The Balaban J connectivity index is 0.000000845. The molecule has 1 aliphatic carbocycles. The van der Waals surface area contributed by atoms with Crippen LogP contribution in [0, 0.1) is 0 Å². The Morgan fingerprint density at radius 1 is 1.33 bits per heavy atom. The van der Waals surface area contributed by atoms with E-state index in [1.54, 1.807) is 0 Å². The SMILES string of the molecule is O=CNC1(c2ccccc2)CC1.[HH]. The highest BCUT2D eigenvalue weighted by Crippen LogP contribution is 2.44. The van der Waals surface area contributed by atoms with Crippen LogP contribution < -0.4 is 5.32 Å². The van der Waals surface area contributed by atoms with Gasteiger partial charge in [-0.3, -0.25) is 4.79 Å². The lowest BCUT2D eigenvalue weighted by Gasteiger charge is -2.13. The van der Waals surface area contributed by atoms with E-state index in [-0.39, 0.29) is 6.97 Å². The molecule has 64 valence electrons. The summed E-state index contributed by atoms with van der Waals surface area (Å²) in [7, 11) is 0. The normalized spacial score (nSPS) is 18.3. The lowest BCUT2D eigenvalue weighted by Crippen LogP contribution is -2.27. The highest BCUT2D eigenvalue weighted by molar-refractivity contribution is 5.51. The van der Waals surface area contributed by atoms with E-state index in [1.165, 1.54) is 5.56 Å². The number of rotatable bonds is 3. The van der Waals surface area contributed by atoms with Crippen molar-refractivity contribution in [2.24, 2.45) is 0 Å². The standard InChI is InChI=1S/C10H11NO.H2/c12-8-11-10(6-7-10)9-4-2-1-3-5-9;/h1-5,8H,6-7H2,(H,11,12);1H. The minimum absolute atomic E-state index is 0. The Morgan fingerprint density at radius 2 is 2.00 bits per heavy atom. The van der Waals surface area contributed by atoms with E-state index in [0.717, 1.165) is 19.3 Å². The largest absolute Gasteiger partial charge is 0.349 e. The average molecular weight is 163 g/mol.